The van der Waals surface area contributed by atoms with E-state index >= 15 is 0 Å². The molecular weight excluding hydrogens is 316 g/mol. The highest BCUT2D eigenvalue weighted by molar-refractivity contribution is 5.98. The van der Waals surface area contributed by atoms with Crippen LogP contribution in [0.4, 0.5) is 0 Å². The molecule has 1 aromatic carbocycles. The third kappa shape index (κ3) is 4.36. The largest absolute Gasteiger partial charge is 0.488 e. The predicted molar refractivity (Wildman–Crippen MR) is 93.5 cm³/mol. The molecule has 25 heavy (non-hydrogen) atoms. The van der Waals surface area contributed by atoms with Crippen molar-refractivity contribution in [1.82, 2.24) is 14.9 Å². The molecule has 1 amide bonds. The number of nitriles is 1. The molecule has 6 heteroatoms. The number of hydrogen-bond donors (Lipinski definition) is 1. The van der Waals surface area contributed by atoms with Crippen molar-refractivity contribution in [3.05, 3.63) is 65.8 Å². The molecular formula is C19H18N4O2. The number of hydrogen-bond acceptors (Lipinski definition) is 4. The van der Waals surface area contributed by atoms with Crippen LogP contribution in [0.25, 0.3) is 6.08 Å². The van der Waals surface area contributed by atoms with Crippen LogP contribution in [0.5, 0.6) is 5.75 Å². The van der Waals surface area contributed by atoms with Crippen LogP contribution in [0.2, 0.25) is 0 Å². The summed E-state index contributed by atoms with van der Waals surface area (Å²) < 4.78 is 7.58. The second-order valence-corrected chi connectivity index (χ2v) is 5.63. The molecule has 6 nitrogen and oxygen atoms in total. The first-order chi connectivity index (χ1) is 12.3. The van der Waals surface area contributed by atoms with Crippen LogP contribution in [0, 0.1) is 11.3 Å². The number of benzene rings is 1. The van der Waals surface area contributed by atoms with Gasteiger partial charge in [0.05, 0.1) is 6.33 Å². The molecule has 1 N–H and O–H groups in total. The van der Waals surface area contributed by atoms with Gasteiger partial charge in [-0.2, -0.15) is 5.26 Å². The number of nitrogens with one attached hydrogen (secondary N) is 1. The average Bonchev–Trinajstić information content (AvgIpc) is 3.16. The van der Waals surface area contributed by atoms with Gasteiger partial charge in [0.1, 0.15) is 24.0 Å². The zero-order valence-corrected chi connectivity index (χ0v) is 13.7. The van der Waals surface area contributed by atoms with Crippen molar-refractivity contribution in [3.8, 4) is 11.8 Å². The Labute approximate surface area is 146 Å². The molecule has 0 bridgehead atoms. The van der Waals surface area contributed by atoms with Crippen molar-refractivity contribution in [2.45, 2.75) is 13.0 Å². The van der Waals surface area contributed by atoms with Gasteiger partial charge in [-0.3, -0.25) is 4.79 Å². The Kier molecular flexibility index (Phi) is 5.27. The molecule has 1 aliphatic rings. The van der Waals surface area contributed by atoms with E-state index in [1.54, 1.807) is 18.6 Å². The van der Waals surface area contributed by atoms with E-state index in [2.05, 4.69) is 10.3 Å². The van der Waals surface area contributed by atoms with E-state index in [0.717, 1.165) is 29.9 Å². The number of aromatic nitrogens is 2. The van der Waals surface area contributed by atoms with E-state index in [0.29, 0.717) is 13.2 Å². The Morgan fingerprint density at radius 2 is 2.32 bits per heavy atom. The number of amides is 1. The van der Waals surface area contributed by atoms with Crippen molar-refractivity contribution < 1.29 is 9.53 Å². The van der Waals surface area contributed by atoms with Gasteiger partial charge in [-0.1, -0.05) is 18.2 Å². The van der Waals surface area contributed by atoms with Crippen LogP contribution in [0.3, 0.4) is 0 Å². The van der Waals surface area contributed by atoms with Crippen molar-refractivity contribution >= 4 is 12.0 Å². The number of carbonyl (C=O) groups is 1. The smallest absolute Gasteiger partial charge is 0.261 e. The zero-order valence-electron chi connectivity index (χ0n) is 13.7. The SMILES string of the molecule is N#C/C(=C\C1=Cc2ccccc2OC1)C(=O)NCCCn1ccnc1. The quantitative estimate of drug-likeness (QED) is 0.499. The summed E-state index contributed by atoms with van der Waals surface area (Å²) in [6.07, 6.45) is 9.60. The van der Waals surface area contributed by atoms with E-state index in [1.165, 1.54) is 0 Å². The molecule has 0 unspecified atom stereocenters. The number of carbonyl (C=O) groups excluding carboxylic acids is 1. The van der Waals surface area contributed by atoms with Crippen molar-refractivity contribution in [1.29, 1.82) is 5.26 Å². The number of fused-ring (bicyclic) bond motifs is 1. The van der Waals surface area contributed by atoms with Gasteiger partial charge in [0, 0.05) is 31.0 Å². The van der Waals surface area contributed by atoms with Crippen molar-refractivity contribution in [3.63, 3.8) is 0 Å². The Morgan fingerprint density at radius 3 is 3.12 bits per heavy atom. The van der Waals surface area contributed by atoms with Gasteiger partial charge in [-0.05, 0) is 30.2 Å². The second-order valence-electron chi connectivity index (χ2n) is 5.63. The summed E-state index contributed by atoms with van der Waals surface area (Å²) in [5.74, 6) is 0.440. The van der Waals surface area contributed by atoms with E-state index in [4.69, 9.17) is 4.74 Å². The molecule has 2 aromatic rings. The van der Waals surface area contributed by atoms with Gasteiger partial charge in [0.25, 0.3) is 5.91 Å². The predicted octanol–water partition coefficient (Wildman–Crippen LogP) is 2.32. The summed E-state index contributed by atoms with van der Waals surface area (Å²) in [6.45, 7) is 1.60. The lowest BCUT2D eigenvalue weighted by atomic mass is 10.1. The van der Waals surface area contributed by atoms with Crippen LogP contribution >= 0.6 is 0 Å². The van der Waals surface area contributed by atoms with Crippen molar-refractivity contribution in [2.24, 2.45) is 0 Å². The molecule has 3 rings (SSSR count). The van der Waals surface area contributed by atoms with Crippen LogP contribution < -0.4 is 10.1 Å². The van der Waals surface area contributed by atoms with Crippen LogP contribution in [0.1, 0.15) is 12.0 Å². The van der Waals surface area contributed by atoms with Gasteiger partial charge in [0.15, 0.2) is 0 Å². The first kappa shape index (κ1) is 16.5. The topological polar surface area (TPSA) is 79.9 Å². The van der Waals surface area contributed by atoms with Crippen LogP contribution in [-0.4, -0.2) is 28.6 Å². The summed E-state index contributed by atoms with van der Waals surface area (Å²) in [7, 11) is 0. The molecule has 1 aliphatic heterocycles. The zero-order chi connectivity index (χ0) is 17.5. The molecule has 0 fully saturated rings. The van der Waals surface area contributed by atoms with Gasteiger partial charge >= 0.3 is 0 Å². The summed E-state index contributed by atoms with van der Waals surface area (Å²) in [4.78, 5) is 16.1. The Balaban J connectivity index is 1.58. The molecule has 1 aromatic heterocycles. The van der Waals surface area contributed by atoms with Crippen LogP contribution in [0.15, 0.2) is 60.2 Å². The number of rotatable bonds is 6. The van der Waals surface area contributed by atoms with Gasteiger partial charge in [0.2, 0.25) is 0 Å². The molecule has 126 valence electrons. The Bertz CT molecular complexity index is 845. The number of imidazole rings is 1. The minimum atomic E-state index is -0.368. The number of ether oxygens (including phenoxy) is 1. The molecule has 0 spiro atoms. The molecule has 0 atom stereocenters. The maximum atomic E-state index is 12.2. The maximum Gasteiger partial charge on any atom is 0.261 e. The fourth-order valence-corrected chi connectivity index (χ4v) is 2.53. The lowest BCUT2D eigenvalue weighted by Crippen LogP contribution is -2.26. The van der Waals surface area contributed by atoms with Crippen LogP contribution in [-0.2, 0) is 11.3 Å². The first-order valence-corrected chi connectivity index (χ1v) is 8.04. The molecule has 0 radical (unpaired) electrons. The lowest BCUT2D eigenvalue weighted by Gasteiger charge is -2.16. The summed E-state index contributed by atoms with van der Waals surface area (Å²) in [6, 6.07) is 9.62. The molecule has 0 saturated heterocycles. The highest BCUT2D eigenvalue weighted by atomic mass is 16.5. The third-order valence-electron chi connectivity index (χ3n) is 3.79. The molecule has 0 aliphatic carbocycles. The number of nitrogens with zero attached hydrogens (tertiary/aromatic N) is 3. The molecule has 2 heterocycles. The second kappa shape index (κ2) is 7.97. The van der Waals surface area contributed by atoms with Crippen molar-refractivity contribution in [2.75, 3.05) is 13.2 Å². The average molecular weight is 334 g/mol. The summed E-state index contributed by atoms with van der Waals surface area (Å²) in [5.41, 5.74) is 1.82. The van der Waals surface area contributed by atoms with Gasteiger partial charge < -0.3 is 14.6 Å². The summed E-state index contributed by atoms with van der Waals surface area (Å²) in [5, 5.41) is 12.0. The van der Waals surface area contributed by atoms with E-state index in [1.807, 2.05) is 47.2 Å². The monoisotopic (exact) mass is 334 g/mol. The Hall–Kier alpha value is -3.33. The minimum absolute atomic E-state index is 0.0804. The molecule has 0 saturated carbocycles. The maximum absolute atomic E-state index is 12.2. The standard InChI is InChI=1S/C19H18N4O2/c20-12-17(19(24)22-6-3-8-23-9-7-21-14-23)11-15-10-16-4-1-2-5-18(16)25-13-15/h1-2,4-5,7,9-11,14H,3,6,8,13H2,(H,22,24)/b17-11+. The number of aryl methyl sites for hydroxylation is 1. The normalized spacial score (nSPS) is 13.2. The van der Waals surface area contributed by atoms with Gasteiger partial charge in [-0.25, -0.2) is 4.98 Å². The number of para-hydroxylation sites is 1. The highest BCUT2D eigenvalue weighted by Gasteiger charge is 2.13. The third-order valence-corrected chi connectivity index (χ3v) is 3.79. The lowest BCUT2D eigenvalue weighted by molar-refractivity contribution is -0.117. The highest BCUT2D eigenvalue weighted by Crippen LogP contribution is 2.26. The van der Waals surface area contributed by atoms with E-state index in [-0.39, 0.29) is 11.5 Å². The Morgan fingerprint density at radius 1 is 1.44 bits per heavy atom. The van der Waals surface area contributed by atoms with E-state index < -0.39 is 0 Å². The summed E-state index contributed by atoms with van der Waals surface area (Å²) >= 11 is 0. The first-order valence-electron chi connectivity index (χ1n) is 8.04. The minimum Gasteiger partial charge on any atom is -0.488 e. The fraction of sp³-hybridized carbons (Fsp3) is 0.211. The van der Waals surface area contributed by atoms with Gasteiger partial charge in [-0.15, -0.1) is 0 Å². The fourth-order valence-electron chi connectivity index (χ4n) is 2.53. The van der Waals surface area contributed by atoms with E-state index in [9.17, 15) is 10.1 Å².